The Hall–Kier alpha value is -2.19. The van der Waals surface area contributed by atoms with Crippen molar-refractivity contribution in [2.24, 2.45) is 0 Å². The molecule has 0 spiro atoms. The maximum Gasteiger partial charge on any atom is 0.494 e. The fraction of sp³-hybridized carbons (Fsp3) is 0.613. The number of rotatable bonds is 30. The molecule has 4 aromatic rings. The maximum absolute atomic E-state index is 5.95. The van der Waals surface area contributed by atoms with Crippen molar-refractivity contribution in [3.05, 3.63) is 104 Å². The second kappa shape index (κ2) is 29.0. The standard InChI is InChI=1S/C33H48B2O4.C29H40Br2/c1-3-5-7-9-11-13-19-33(20-14-12-10-8-6-4-2)31-25-27(34-36-21-22-37-34)15-17-29(31)30-18-16-28(26-32(30)33)35-38-23-24-39-35;1-3-5-7-9-11-13-19-29(20-14-12-10-8-6-4-2)27-21-23(30)15-17-25(27)26-18-16-24(31)22-28(26)29/h15-18,25-26H,3-14,19-24H2,1-2H3;15-18,21-22H,3-14,19-20H2,1-2H3. The minimum atomic E-state index is -0.240. The van der Waals surface area contributed by atoms with E-state index in [1.54, 1.807) is 11.1 Å². The summed E-state index contributed by atoms with van der Waals surface area (Å²) >= 11 is 7.57. The van der Waals surface area contributed by atoms with Crippen LogP contribution in [0.3, 0.4) is 0 Å². The summed E-state index contributed by atoms with van der Waals surface area (Å²) in [4.78, 5) is 0. The molecule has 2 saturated heterocycles. The summed E-state index contributed by atoms with van der Waals surface area (Å²) in [5.41, 5.74) is 14.3. The van der Waals surface area contributed by atoms with Gasteiger partial charge in [-0.3, -0.25) is 0 Å². The van der Waals surface area contributed by atoms with Gasteiger partial charge in [-0.25, -0.2) is 0 Å². The number of hydrogen-bond acceptors (Lipinski definition) is 4. The molecule has 0 atom stereocenters. The third-order valence-corrected chi connectivity index (χ3v) is 17.3. The predicted molar refractivity (Wildman–Crippen MR) is 307 cm³/mol. The molecule has 380 valence electrons. The van der Waals surface area contributed by atoms with Crippen LogP contribution in [-0.2, 0) is 29.4 Å². The molecule has 8 heteroatoms. The lowest BCUT2D eigenvalue weighted by atomic mass is 9.67. The van der Waals surface area contributed by atoms with Crippen LogP contribution >= 0.6 is 31.9 Å². The first-order valence-electron chi connectivity index (χ1n) is 28.7. The summed E-state index contributed by atoms with van der Waals surface area (Å²) in [5, 5.41) is 0. The van der Waals surface area contributed by atoms with E-state index in [-0.39, 0.29) is 25.1 Å². The van der Waals surface area contributed by atoms with Gasteiger partial charge in [0.2, 0.25) is 0 Å². The van der Waals surface area contributed by atoms with E-state index in [0.29, 0.717) is 26.4 Å². The number of unbranched alkanes of at least 4 members (excludes halogenated alkanes) is 20. The van der Waals surface area contributed by atoms with Gasteiger partial charge in [-0.05, 0) is 105 Å². The molecule has 70 heavy (non-hydrogen) atoms. The van der Waals surface area contributed by atoms with Crippen molar-refractivity contribution < 1.29 is 18.6 Å². The molecule has 8 rings (SSSR count). The van der Waals surface area contributed by atoms with Gasteiger partial charge in [0.25, 0.3) is 0 Å². The van der Waals surface area contributed by atoms with Crippen molar-refractivity contribution in [1.82, 2.24) is 0 Å². The number of hydrogen-bond donors (Lipinski definition) is 0. The van der Waals surface area contributed by atoms with Crippen LogP contribution in [0.5, 0.6) is 0 Å². The summed E-state index contributed by atoms with van der Waals surface area (Å²) in [6.07, 6.45) is 37.2. The van der Waals surface area contributed by atoms with Crippen LogP contribution in [0.25, 0.3) is 22.3 Å². The van der Waals surface area contributed by atoms with Crippen LogP contribution in [0.1, 0.15) is 230 Å². The van der Waals surface area contributed by atoms with Gasteiger partial charge in [0, 0.05) is 19.8 Å². The van der Waals surface area contributed by atoms with Crippen LogP contribution in [0.15, 0.2) is 81.7 Å². The second-order valence-electron chi connectivity index (χ2n) is 21.4. The molecule has 0 radical (unpaired) electrons. The van der Waals surface area contributed by atoms with Gasteiger partial charge in [-0.2, -0.15) is 0 Å². The van der Waals surface area contributed by atoms with Crippen LogP contribution in [0.2, 0.25) is 0 Å². The number of halogens is 2. The lowest BCUT2D eigenvalue weighted by molar-refractivity contribution is 0.365. The van der Waals surface area contributed by atoms with E-state index in [0.717, 1.165) is 10.9 Å². The average Bonchev–Trinajstić information content (AvgIpc) is 4.21. The minimum absolute atomic E-state index is 0.0173. The first-order chi connectivity index (χ1) is 34.4. The SMILES string of the molecule is CCCCCCCCC1(CCCCCCCC)c2cc(B3OCCO3)ccc2-c2ccc(B3OCCO3)cc21.CCCCCCCCC1(CCCCCCCC)c2cc(Br)ccc2-c2ccc(Br)cc21. The zero-order valence-corrected chi connectivity index (χ0v) is 47.3. The van der Waals surface area contributed by atoms with E-state index < -0.39 is 0 Å². The van der Waals surface area contributed by atoms with Crippen molar-refractivity contribution in [3.8, 4) is 22.3 Å². The Labute approximate surface area is 443 Å². The van der Waals surface area contributed by atoms with E-state index in [9.17, 15) is 0 Å². The van der Waals surface area contributed by atoms with Crippen molar-refractivity contribution in [2.75, 3.05) is 26.4 Å². The normalized spacial score (nSPS) is 16.0. The summed E-state index contributed by atoms with van der Waals surface area (Å²) in [6, 6.07) is 28.0. The molecule has 2 fully saturated rings. The zero-order chi connectivity index (χ0) is 49.0. The molecule has 0 N–H and O–H groups in total. The van der Waals surface area contributed by atoms with Crippen molar-refractivity contribution in [3.63, 3.8) is 0 Å². The summed E-state index contributed by atoms with van der Waals surface area (Å²) in [7, 11) is -0.480. The Morgan fingerprint density at radius 1 is 0.343 bits per heavy atom. The van der Waals surface area contributed by atoms with E-state index in [1.807, 2.05) is 0 Å². The molecule has 0 aromatic heterocycles. The van der Waals surface area contributed by atoms with E-state index in [4.69, 9.17) is 18.6 Å². The number of benzene rings is 4. The molecular weight excluding hydrogens is 990 g/mol. The highest BCUT2D eigenvalue weighted by Crippen LogP contribution is 2.56. The highest BCUT2D eigenvalue weighted by atomic mass is 79.9. The summed E-state index contributed by atoms with van der Waals surface area (Å²) in [5.74, 6) is 0. The van der Waals surface area contributed by atoms with Gasteiger partial charge in [-0.1, -0.05) is 262 Å². The Bertz CT molecular complexity index is 2030. The fourth-order valence-corrected chi connectivity index (χ4v) is 13.2. The molecule has 4 nitrogen and oxygen atoms in total. The monoisotopic (exact) mass is 1080 g/mol. The van der Waals surface area contributed by atoms with E-state index in [2.05, 4.69) is 132 Å². The molecule has 0 bridgehead atoms. The summed E-state index contributed by atoms with van der Waals surface area (Å²) in [6.45, 7) is 11.9. The molecule has 0 unspecified atom stereocenters. The Morgan fingerprint density at radius 3 is 0.900 bits per heavy atom. The van der Waals surface area contributed by atoms with E-state index >= 15 is 0 Å². The van der Waals surface area contributed by atoms with Gasteiger partial charge in [0.15, 0.2) is 0 Å². The molecule has 2 aliphatic heterocycles. The van der Waals surface area contributed by atoms with Crippen LogP contribution in [0, 0.1) is 0 Å². The van der Waals surface area contributed by atoms with Crippen molar-refractivity contribution in [1.29, 1.82) is 0 Å². The highest BCUT2D eigenvalue weighted by molar-refractivity contribution is 9.10. The first kappa shape index (κ1) is 55.6. The molecular formula is C62H88B2Br2O4. The van der Waals surface area contributed by atoms with Gasteiger partial charge in [0.1, 0.15) is 0 Å². The molecule has 4 aromatic carbocycles. The second-order valence-corrected chi connectivity index (χ2v) is 23.2. The first-order valence-corrected chi connectivity index (χ1v) is 30.3. The van der Waals surface area contributed by atoms with Crippen LogP contribution in [0.4, 0.5) is 0 Å². The quantitative estimate of drug-likeness (QED) is 0.0385. The average molecular weight is 1080 g/mol. The molecule has 4 aliphatic rings. The topological polar surface area (TPSA) is 36.9 Å². The van der Waals surface area contributed by atoms with Gasteiger partial charge in [-0.15, -0.1) is 0 Å². The van der Waals surface area contributed by atoms with E-state index in [1.165, 1.54) is 222 Å². The maximum atomic E-state index is 5.95. The Balaban J connectivity index is 0.000000212. The van der Waals surface area contributed by atoms with Gasteiger partial charge < -0.3 is 18.6 Å². The summed E-state index contributed by atoms with van der Waals surface area (Å²) < 4.78 is 26.2. The smallest absolute Gasteiger partial charge is 0.405 e. The van der Waals surface area contributed by atoms with Gasteiger partial charge >= 0.3 is 14.2 Å². The Morgan fingerprint density at radius 2 is 0.600 bits per heavy atom. The Kier molecular flexibility index (Phi) is 23.1. The predicted octanol–water partition coefficient (Wildman–Crippen LogP) is 17.9. The third-order valence-electron chi connectivity index (χ3n) is 16.3. The largest absolute Gasteiger partial charge is 0.494 e. The van der Waals surface area contributed by atoms with Crippen molar-refractivity contribution >= 4 is 57.0 Å². The molecule has 2 heterocycles. The van der Waals surface area contributed by atoms with Crippen LogP contribution < -0.4 is 10.9 Å². The number of fused-ring (bicyclic) bond motifs is 6. The zero-order valence-electron chi connectivity index (χ0n) is 44.1. The lowest BCUT2D eigenvalue weighted by Crippen LogP contribution is -2.35. The molecule has 0 amide bonds. The highest BCUT2D eigenvalue weighted by Gasteiger charge is 2.45. The molecule has 2 aliphatic carbocycles. The molecule has 0 saturated carbocycles. The van der Waals surface area contributed by atoms with Crippen molar-refractivity contribution in [2.45, 2.75) is 218 Å². The fourth-order valence-electron chi connectivity index (χ4n) is 12.5. The lowest BCUT2D eigenvalue weighted by Gasteiger charge is -2.33. The minimum Gasteiger partial charge on any atom is -0.405 e. The van der Waals surface area contributed by atoms with Crippen LogP contribution in [-0.4, -0.2) is 40.7 Å². The van der Waals surface area contributed by atoms with Gasteiger partial charge in [0.05, 0.1) is 26.4 Å². The third kappa shape index (κ3) is 14.1.